The van der Waals surface area contributed by atoms with E-state index in [-0.39, 0.29) is 12.1 Å². The van der Waals surface area contributed by atoms with Crippen LogP contribution in [0.3, 0.4) is 0 Å². The molecule has 8 heavy (non-hydrogen) atoms. The molecule has 1 saturated heterocycles. The number of aliphatic hydroxyl groups is 1. The minimum absolute atomic E-state index is 0.0220. The third kappa shape index (κ3) is 1.37. The van der Waals surface area contributed by atoms with Gasteiger partial charge in [0.1, 0.15) is 0 Å². The Morgan fingerprint density at radius 1 is 1.62 bits per heavy atom. The molecule has 1 fully saturated rings. The van der Waals surface area contributed by atoms with E-state index in [1.165, 1.54) is 0 Å². The van der Waals surface area contributed by atoms with Crippen molar-refractivity contribution in [1.82, 2.24) is 0 Å². The zero-order valence-electron chi connectivity index (χ0n) is 4.71. The van der Waals surface area contributed by atoms with Gasteiger partial charge in [-0.05, 0) is 12.2 Å². The molecule has 0 unspecified atom stereocenters. The second-order valence-corrected chi connectivity index (χ2v) is 3.24. The van der Waals surface area contributed by atoms with Gasteiger partial charge in [0.15, 0.2) is 0 Å². The van der Waals surface area contributed by atoms with Gasteiger partial charge >= 0.3 is 0 Å². The third-order valence-corrected chi connectivity index (χ3v) is 2.51. The van der Waals surface area contributed by atoms with E-state index in [9.17, 15) is 0 Å². The Balaban J connectivity index is 2.28. The van der Waals surface area contributed by atoms with E-state index in [1.54, 1.807) is 0 Å². The molecule has 2 atom stereocenters. The SMILES string of the molecule is N[C@H]1CSCC[C@@H]1O. The Kier molecular flexibility index (Phi) is 2.16. The molecule has 1 rings (SSSR count). The summed E-state index contributed by atoms with van der Waals surface area (Å²) < 4.78 is 0. The zero-order valence-corrected chi connectivity index (χ0v) is 5.53. The molecule has 0 aliphatic carbocycles. The van der Waals surface area contributed by atoms with Crippen LogP contribution in [0, 0.1) is 0 Å². The summed E-state index contributed by atoms with van der Waals surface area (Å²) in [6, 6.07) is 0.0220. The number of nitrogens with two attached hydrogens (primary N) is 1. The van der Waals surface area contributed by atoms with E-state index in [2.05, 4.69) is 0 Å². The lowest BCUT2D eigenvalue weighted by Gasteiger charge is -2.22. The molecule has 0 radical (unpaired) electrons. The van der Waals surface area contributed by atoms with Crippen molar-refractivity contribution in [3.63, 3.8) is 0 Å². The molecule has 0 aromatic carbocycles. The van der Waals surface area contributed by atoms with E-state index in [0.29, 0.717) is 0 Å². The number of rotatable bonds is 0. The molecule has 0 amide bonds. The Hall–Kier alpha value is 0.270. The van der Waals surface area contributed by atoms with Gasteiger partial charge in [-0.2, -0.15) is 11.8 Å². The molecule has 2 nitrogen and oxygen atoms in total. The lowest BCUT2D eigenvalue weighted by Crippen LogP contribution is -2.40. The highest BCUT2D eigenvalue weighted by molar-refractivity contribution is 7.99. The van der Waals surface area contributed by atoms with Gasteiger partial charge < -0.3 is 10.8 Å². The normalized spacial score (nSPS) is 39.8. The van der Waals surface area contributed by atoms with Gasteiger partial charge in [-0.1, -0.05) is 0 Å². The maximum atomic E-state index is 9.04. The Morgan fingerprint density at radius 2 is 2.38 bits per heavy atom. The van der Waals surface area contributed by atoms with Crippen LogP contribution in [-0.4, -0.2) is 28.8 Å². The molecule has 1 aliphatic heterocycles. The van der Waals surface area contributed by atoms with Crippen LogP contribution in [-0.2, 0) is 0 Å². The maximum Gasteiger partial charge on any atom is 0.0707 e. The van der Waals surface area contributed by atoms with Crippen LogP contribution >= 0.6 is 11.8 Å². The standard InChI is InChI=1S/C5H11NOS/c6-4-3-8-2-1-5(4)7/h4-5,7H,1-3,6H2/t4-,5-/m0/s1. The van der Waals surface area contributed by atoms with Crippen molar-refractivity contribution >= 4 is 11.8 Å². The second-order valence-electron chi connectivity index (χ2n) is 2.09. The fourth-order valence-electron chi connectivity index (χ4n) is 0.749. The molecular weight excluding hydrogens is 122 g/mol. The third-order valence-electron chi connectivity index (χ3n) is 1.36. The molecule has 1 aliphatic rings. The molecular formula is C5H11NOS. The minimum Gasteiger partial charge on any atom is -0.391 e. The van der Waals surface area contributed by atoms with Crippen LogP contribution in [0.25, 0.3) is 0 Å². The Bertz CT molecular complexity index is 68.8. The van der Waals surface area contributed by atoms with E-state index < -0.39 is 0 Å². The van der Waals surface area contributed by atoms with E-state index >= 15 is 0 Å². The average molecular weight is 133 g/mol. The van der Waals surface area contributed by atoms with Crippen molar-refractivity contribution in [3.8, 4) is 0 Å². The first kappa shape index (κ1) is 6.39. The first-order chi connectivity index (χ1) is 3.80. The summed E-state index contributed by atoms with van der Waals surface area (Å²) in [5.74, 6) is 1.98. The van der Waals surface area contributed by atoms with Crippen molar-refractivity contribution in [2.45, 2.75) is 18.6 Å². The van der Waals surface area contributed by atoms with Crippen molar-refractivity contribution in [3.05, 3.63) is 0 Å². The number of hydrogen-bond donors (Lipinski definition) is 2. The fourth-order valence-corrected chi connectivity index (χ4v) is 1.82. The van der Waals surface area contributed by atoms with E-state index in [0.717, 1.165) is 17.9 Å². The summed E-state index contributed by atoms with van der Waals surface area (Å²) in [7, 11) is 0. The fraction of sp³-hybridized carbons (Fsp3) is 1.00. The van der Waals surface area contributed by atoms with Gasteiger partial charge in [0, 0.05) is 11.8 Å². The molecule has 0 aromatic rings. The van der Waals surface area contributed by atoms with Crippen LogP contribution < -0.4 is 5.73 Å². The number of thioether (sulfide) groups is 1. The van der Waals surface area contributed by atoms with Gasteiger partial charge in [-0.25, -0.2) is 0 Å². The molecule has 3 N–H and O–H groups in total. The predicted molar refractivity (Wildman–Crippen MR) is 35.9 cm³/mol. The van der Waals surface area contributed by atoms with Crippen molar-refractivity contribution in [2.24, 2.45) is 5.73 Å². The second kappa shape index (κ2) is 2.71. The monoisotopic (exact) mass is 133 g/mol. The smallest absolute Gasteiger partial charge is 0.0707 e. The van der Waals surface area contributed by atoms with Crippen molar-refractivity contribution < 1.29 is 5.11 Å². The summed E-state index contributed by atoms with van der Waals surface area (Å²) in [6.45, 7) is 0. The van der Waals surface area contributed by atoms with Gasteiger partial charge in [0.25, 0.3) is 0 Å². The molecule has 0 saturated carbocycles. The maximum absolute atomic E-state index is 9.04. The number of hydrogen-bond acceptors (Lipinski definition) is 3. The Morgan fingerprint density at radius 3 is 2.75 bits per heavy atom. The summed E-state index contributed by atoms with van der Waals surface area (Å²) in [6.07, 6.45) is 0.627. The molecule has 48 valence electrons. The van der Waals surface area contributed by atoms with Crippen LogP contribution in [0.15, 0.2) is 0 Å². The van der Waals surface area contributed by atoms with E-state index in [1.807, 2.05) is 11.8 Å². The van der Waals surface area contributed by atoms with Gasteiger partial charge in [0.2, 0.25) is 0 Å². The van der Waals surface area contributed by atoms with Gasteiger partial charge in [-0.15, -0.1) is 0 Å². The summed E-state index contributed by atoms with van der Waals surface area (Å²) >= 11 is 1.82. The van der Waals surface area contributed by atoms with Gasteiger partial charge in [-0.3, -0.25) is 0 Å². The quantitative estimate of drug-likeness (QED) is 0.481. The summed E-state index contributed by atoms with van der Waals surface area (Å²) in [5, 5.41) is 9.04. The topological polar surface area (TPSA) is 46.2 Å². The lowest BCUT2D eigenvalue weighted by atomic mass is 10.1. The molecule has 0 spiro atoms. The summed E-state index contributed by atoms with van der Waals surface area (Å²) in [5.41, 5.74) is 5.51. The van der Waals surface area contributed by atoms with Gasteiger partial charge in [0.05, 0.1) is 6.10 Å². The van der Waals surface area contributed by atoms with Crippen molar-refractivity contribution in [1.29, 1.82) is 0 Å². The molecule has 3 heteroatoms. The van der Waals surface area contributed by atoms with E-state index in [4.69, 9.17) is 10.8 Å². The predicted octanol–water partition coefficient (Wildman–Crippen LogP) is -0.189. The lowest BCUT2D eigenvalue weighted by molar-refractivity contribution is 0.146. The van der Waals surface area contributed by atoms with Crippen LogP contribution in [0.4, 0.5) is 0 Å². The first-order valence-electron chi connectivity index (χ1n) is 2.82. The Labute approximate surface area is 53.5 Å². The van der Waals surface area contributed by atoms with Crippen molar-refractivity contribution in [2.75, 3.05) is 11.5 Å². The minimum atomic E-state index is -0.240. The highest BCUT2D eigenvalue weighted by Crippen LogP contribution is 2.15. The number of aliphatic hydroxyl groups excluding tert-OH is 1. The summed E-state index contributed by atoms with van der Waals surface area (Å²) in [4.78, 5) is 0. The average Bonchev–Trinajstić information content (AvgIpc) is 1.77. The largest absolute Gasteiger partial charge is 0.391 e. The first-order valence-corrected chi connectivity index (χ1v) is 3.97. The molecule has 0 aromatic heterocycles. The van der Waals surface area contributed by atoms with Crippen LogP contribution in [0.2, 0.25) is 0 Å². The highest BCUT2D eigenvalue weighted by Gasteiger charge is 2.18. The molecule has 1 heterocycles. The highest BCUT2D eigenvalue weighted by atomic mass is 32.2. The van der Waals surface area contributed by atoms with Crippen LogP contribution in [0.5, 0.6) is 0 Å². The van der Waals surface area contributed by atoms with Crippen LogP contribution in [0.1, 0.15) is 6.42 Å². The molecule has 0 bridgehead atoms. The zero-order chi connectivity index (χ0) is 5.98.